The summed E-state index contributed by atoms with van der Waals surface area (Å²) in [6, 6.07) is 25.0. The quantitative estimate of drug-likeness (QED) is 0.431. The minimum Gasteiger partial charge on any atom is -0.383 e. The Labute approximate surface area is 153 Å². The van der Waals surface area contributed by atoms with Gasteiger partial charge in [0.25, 0.3) is 0 Å². The molecule has 4 rings (SSSR count). The monoisotopic (exact) mass is 340 g/mol. The van der Waals surface area contributed by atoms with Gasteiger partial charge in [0.1, 0.15) is 0 Å². The average molecular weight is 340 g/mol. The van der Waals surface area contributed by atoms with Gasteiger partial charge >= 0.3 is 0 Å². The maximum absolute atomic E-state index is 5.29. The maximum Gasteiger partial charge on any atom is 0.0740 e. The summed E-state index contributed by atoms with van der Waals surface area (Å²) in [4.78, 5) is 4.83. The summed E-state index contributed by atoms with van der Waals surface area (Å²) in [7, 11) is 0. The van der Waals surface area contributed by atoms with Crippen molar-refractivity contribution in [1.29, 1.82) is 0 Å². The van der Waals surface area contributed by atoms with Crippen LogP contribution in [0, 0.1) is 0 Å². The molecule has 3 aromatic rings. The van der Waals surface area contributed by atoms with Gasteiger partial charge in [-0.05, 0) is 34.9 Å². The molecule has 26 heavy (non-hydrogen) atoms. The summed E-state index contributed by atoms with van der Waals surface area (Å²) in [5.74, 6) is 5.29. The highest BCUT2D eigenvalue weighted by Gasteiger charge is 2.15. The number of nitrogens with one attached hydrogen (secondary N) is 1. The van der Waals surface area contributed by atoms with Crippen LogP contribution >= 0.6 is 0 Å². The molecule has 0 fully saturated rings. The number of benzene rings is 3. The first-order valence-electron chi connectivity index (χ1n) is 8.67. The molecule has 4 heteroatoms. The minimum absolute atomic E-state index is 0.761. The summed E-state index contributed by atoms with van der Waals surface area (Å²) >= 11 is 0. The van der Waals surface area contributed by atoms with Gasteiger partial charge in [0.05, 0.1) is 18.5 Å². The summed E-state index contributed by atoms with van der Waals surface area (Å²) in [6.45, 7) is 1.60. The number of hydrogen-bond acceptors (Lipinski definition) is 4. The van der Waals surface area contributed by atoms with E-state index in [1.165, 1.54) is 0 Å². The first-order valence-corrected chi connectivity index (χ1v) is 8.67. The van der Waals surface area contributed by atoms with Gasteiger partial charge in [-0.25, -0.2) is 0 Å². The largest absolute Gasteiger partial charge is 0.383 e. The van der Waals surface area contributed by atoms with Crippen molar-refractivity contribution in [3.05, 3.63) is 89.5 Å². The fourth-order valence-electron chi connectivity index (χ4n) is 3.24. The van der Waals surface area contributed by atoms with Crippen molar-refractivity contribution in [1.82, 2.24) is 0 Å². The van der Waals surface area contributed by atoms with Crippen molar-refractivity contribution in [2.24, 2.45) is 15.9 Å². The van der Waals surface area contributed by atoms with Crippen LogP contribution in [-0.2, 0) is 0 Å². The fourth-order valence-corrected chi connectivity index (χ4v) is 3.24. The second kappa shape index (κ2) is 7.23. The predicted octanol–water partition coefficient (Wildman–Crippen LogP) is 3.91. The van der Waals surface area contributed by atoms with Gasteiger partial charge in [-0.15, -0.1) is 0 Å². The molecular formula is C22H20N4. The molecule has 0 unspecified atom stereocenters. The highest BCUT2D eigenvalue weighted by Crippen LogP contribution is 2.29. The number of aliphatic imine (C=N–C) groups is 1. The summed E-state index contributed by atoms with van der Waals surface area (Å²) < 4.78 is 0. The molecule has 1 aliphatic heterocycles. The van der Waals surface area contributed by atoms with Crippen molar-refractivity contribution in [3.8, 4) is 11.1 Å². The zero-order valence-electron chi connectivity index (χ0n) is 14.4. The van der Waals surface area contributed by atoms with E-state index >= 15 is 0 Å². The Hall–Kier alpha value is -3.40. The lowest BCUT2D eigenvalue weighted by Gasteiger charge is -2.13. The molecule has 0 atom stereocenters. The topological polar surface area (TPSA) is 62.8 Å². The van der Waals surface area contributed by atoms with E-state index < -0.39 is 0 Å². The van der Waals surface area contributed by atoms with Crippen LogP contribution in [0.15, 0.2) is 82.9 Å². The Kier molecular flexibility index (Phi) is 4.48. The Balaban J connectivity index is 1.82. The molecule has 0 bridgehead atoms. The van der Waals surface area contributed by atoms with Gasteiger partial charge in [-0.3, -0.25) is 4.99 Å². The van der Waals surface area contributed by atoms with Crippen molar-refractivity contribution >= 4 is 17.6 Å². The zero-order valence-corrected chi connectivity index (χ0v) is 14.4. The molecular weight excluding hydrogens is 320 g/mol. The van der Waals surface area contributed by atoms with Gasteiger partial charge in [0, 0.05) is 23.4 Å². The van der Waals surface area contributed by atoms with E-state index in [9.17, 15) is 0 Å². The highest BCUT2D eigenvalue weighted by molar-refractivity contribution is 6.16. The number of fused-ring (bicyclic) bond motifs is 1. The van der Waals surface area contributed by atoms with Crippen molar-refractivity contribution in [2.75, 3.05) is 18.4 Å². The van der Waals surface area contributed by atoms with Gasteiger partial charge < -0.3 is 11.2 Å². The van der Waals surface area contributed by atoms with Crippen molar-refractivity contribution in [2.45, 2.75) is 0 Å². The minimum atomic E-state index is 0.761. The number of anilines is 1. The molecule has 1 heterocycles. The smallest absolute Gasteiger partial charge is 0.0740 e. The van der Waals surface area contributed by atoms with E-state index in [2.05, 4.69) is 65.0 Å². The van der Waals surface area contributed by atoms with E-state index in [4.69, 9.17) is 10.8 Å². The fraction of sp³-hybridized carbons (Fsp3) is 0.0909. The Morgan fingerprint density at radius 2 is 1.69 bits per heavy atom. The normalized spacial score (nSPS) is 13.6. The second-order valence-corrected chi connectivity index (χ2v) is 6.19. The molecule has 0 radical (unpaired) electrons. The van der Waals surface area contributed by atoms with Crippen LogP contribution in [0.4, 0.5) is 5.69 Å². The van der Waals surface area contributed by atoms with Gasteiger partial charge in [0.2, 0.25) is 0 Å². The molecule has 128 valence electrons. The SMILES string of the molecule is N/N=C\c1cccc(-c2ccc3c(c2)C(c2ccccc2)=NCCN3)c1. The average Bonchev–Trinajstić information content (AvgIpc) is 2.91. The predicted molar refractivity (Wildman–Crippen MR) is 109 cm³/mol. The zero-order chi connectivity index (χ0) is 17.8. The van der Waals surface area contributed by atoms with Crippen LogP contribution in [-0.4, -0.2) is 25.0 Å². The van der Waals surface area contributed by atoms with Gasteiger partial charge in [0.15, 0.2) is 0 Å². The standard InChI is InChI=1S/C22H20N4/c23-26-15-16-5-4-8-18(13-16)19-9-10-21-20(14-19)22(25-12-11-24-21)17-6-2-1-3-7-17/h1-10,13-15,24H,11-12,23H2/b26-15-. The van der Waals surface area contributed by atoms with Crippen LogP contribution in [0.2, 0.25) is 0 Å². The van der Waals surface area contributed by atoms with Crippen LogP contribution in [0.3, 0.4) is 0 Å². The van der Waals surface area contributed by atoms with Crippen LogP contribution in [0.25, 0.3) is 11.1 Å². The number of benzodiazepines with no additional fused rings is 1. The number of rotatable bonds is 3. The third kappa shape index (κ3) is 3.22. The molecule has 0 spiro atoms. The summed E-state index contributed by atoms with van der Waals surface area (Å²) in [6.07, 6.45) is 1.66. The highest BCUT2D eigenvalue weighted by atomic mass is 15.1. The molecule has 3 aromatic carbocycles. The maximum atomic E-state index is 5.29. The van der Waals surface area contributed by atoms with Crippen LogP contribution in [0.5, 0.6) is 0 Å². The van der Waals surface area contributed by atoms with Crippen LogP contribution < -0.4 is 11.2 Å². The van der Waals surface area contributed by atoms with Gasteiger partial charge in [-0.2, -0.15) is 5.10 Å². The van der Waals surface area contributed by atoms with E-state index in [1.807, 2.05) is 18.2 Å². The number of nitrogens with two attached hydrogens (primary N) is 1. The van der Waals surface area contributed by atoms with Crippen molar-refractivity contribution < 1.29 is 0 Å². The molecule has 0 aromatic heterocycles. The molecule has 0 amide bonds. The Morgan fingerprint density at radius 3 is 2.54 bits per heavy atom. The van der Waals surface area contributed by atoms with E-state index in [0.29, 0.717) is 0 Å². The molecule has 3 N–H and O–H groups in total. The third-order valence-corrected chi connectivity index (χ3v) is 4.46. The molecule has 0 saturated carbocycles. The van der Waals surface area contributed by atoms with E-state index in [-0.39, 0.29) is 0 Å². The number of nitrogens with zero attached hydrogens (tertiary/aromatic N) is 2. The summed E-state index contributed by atoms with van der Waals surface area (Å²) in [5.41, 5.74) is 7.67. The lowest BCUT2D eigenvalue weighted by molar-refractivity contribution is 1.04. The summed E-state index contributed by atoms with van der Waals surface area (Å²) in [5, 5.41) is 7.10. The number of hydrazone groups is 1. The molecule has 0 saturated heterocycles. The lowest BCUT2D eigenvalue weighted by atomic mass is 9.95. The molecule has 0 aliphatic carbocycles. The Bertz CT molecular complexity index is 974. The van der Waals surface area contributed by atoms with E-state index in [0.717, 1.165) is 52.3 Å². The van der Waals surface area contributed by atoms with Crippen molar-refractivity contribution in [3.63, 3.8) is 0 Å². The lowest BCUT2D eigenvalue weighted by Crippen LogP contribution is -2.05. The van der Waals surface area contributed by atoms with Crippen LogP contribution in [0.1, 0.15) is 16.7 Å². The second-order valence-electron chi connectivity index (χ2n) is 6.19. The molecule has 1 aliphatic rings. The number of hydrogen-bond donors (Lipinski definition) is 2. The Morgan fingerprint density at radius 1 is 0.885 bits per heavy atom. The van der Waals surface area contributed by atoms with E-state index in [1.54, 1.807) is 6.21 Å². The van der Waals surface area contributed by atoms with Gasteiger partial charge in [-0.1, -0.05) is 54.6 Å². The third-order valence-electron chi connectivity index (χ3n) is 4.46. The molecule has 4 nitrogen and oxygen atoms in total. The first kappa shape index (κ1) is 16.1. The first-order chi connectivity index (χ1) is 12.8.